The van der Waals surface area contributed by atoms with E-state index in [1.807, 2.05) is 0 Å². The van der Waals surface area contributed by atoms with Gasteiger partial charge in [0, 0.05) is 25.7 Å². The number of primary amides is 1. The fourth-order valence-electron chi connectivity index (χ4n) is 6.43. The fraction of sp³-hybridized carbons (Fsp3) is 0.538. The molecule has 15 heteroatoms. The highest BCUT2D eigenvalue weighted by molar-refractivity contribution is 6.32. The zero-order valence-electron chi connectivity index (χ0n) is 22.4. The number of rotatable bonds is 5. The normalized spacial score (nSPS) is 29.5. The maximum Gasteiger partial charge on any atom is 0.422 e. The van der Waals surface area contributed by atoms with Crippen LogP contribution in [0, 0.1) is 23.7 Å². The standard InChI is InChI=1S/C26H28F3N3O9/c1-31(2)13-7-11(24(39)41-8-25(27,28)29)18(33)15-10(13)5-9-6-12-17(32(3)4)20(35)16(23(30)38)22(37)26(12,40)21(36)14(9)19(15)34/h7,9,12,14,16-17,33,40H,5-6,8H2,1-4H3,(H2,30,38)/t9-,12-,14?,16?,17-,26-/m0/s1. The highest BCUT2D eigenvalue weighted by Crippen LogP contribution is 2.52. The van der Waals surface area contributed by atoms with Crippen LogP contribution in [0.25, 0.3) is 0 Å². The number of hydrogen-bond donors (Lipinski definition) is 3. The maximum absolute atomic E-state index is 13.9. The summed E-state index contributed by atoms with van der Waals surface area (Å²) < 4.78 is 42.2. The topological polar surface area (TPSA) is 185 Å². The molecular weight excluding hydrogens is 555 g/mol. The van der Waals surface area contributed by atoms with E-state index in [1.165, 1.54) is 38.0 Å². The summed E-state index contributed by atoms with van der Waals surface area (Å²) in [5, 5.41) is 22.5. The average molecular weight is 584 g/mol. The lowest BCUT2D eigenvalue weighted by Gasteiger charge is -2.52. The average Bonchev–Trinajstić information content (AvgIpc) is 2.83. The van der Waals surface area contributed by atoms with Gasteiger partial charge in [-0.25, -0.2) is 4.79 Å². The number of phenols is 1. The first-order valence-electron chi connectivity index (χ1n) is 12.5. The first-order chi connectivity index (χ1) is 18.8. The number of likely N-dealkylation sites (N-methyl/N-ethyl adjacent to an activating group) is 1. The summed E-state index contributed by atoms with van der Waals surface area (Å²) in [5.41, 5.74) is 1.38. The molecule has 1 amide bonds. The molecule has 222 valence electrons. The molecule has 2 saturated carbocycles. The molecule has 6 atom stereocenters. The number of Topliss-reactive ketones (excluding diaryl/α,β-unsaturated/α-hetero) is 4. The van der Waals surface area contributed by atoms with E-state index in [0.29, 0.717) is 0 Å². The largest absolute Gasteiger partial charge is 0.506 e. The van der Waals surface area contributed by atoms with Crippen LogP contribution in [0.1, 0.15) is 32.7 Å². The number of benzene rings is 1. The molecule has 3 aliphatic rings. The minimum Gasteiger partial charge on any atom is -0.506 e. The van der Waals surface area contributed by atoms with Crippen molar-refractivity contribution in [3.8, 4) is 5.75 Å². The van der Waals surface area contributed by atoms with Gasteiger partial charge < -0.3 is 25.6 Å². The predicted octanol–water partition coefficient (Wildman–Crippen LogP) is -0.348. The Morgan fingerprint density at radius 2 is 1.73 bits per heavy atom. The lowest BCUT2D eigenvalue weighted by Crippen LogP contribution is -2.74. The van der Waals surface area contributed by atoms with E-state index in [2.05, 4.69) is 4.74 Å². The number of carbonyl (C=O) groups is 6. The third-order valence-electron chi connectivity index (χ3n) is 8.11. The van der Waals surface area contributed by atoms with Crippen LogP contribution in [0.4, 0.5) is 18.9 Å². The van der Waals surface area contributed by atoms with Crippen molar-refractivity contribution in [2.45, 2.75) is 30.7 Å². The molecule has 12 nitrogen and oxygen atoms in total. The smallest absolute Gasteiger partial charge is 0.422 e. The summed E-state index contributed by atoms with van der Waals surface area (Å²) in [4.78, 5) is 81.5. The van der Waals surface area contributed by atoms with Crippen molar-refractivity contribution in [3.63, 3.8) is 0 Å². The summed E-state index contributed by atoms with van der Waals surface area (Å²) in [6, 6.07) is -0.209. The molecule has 4 N–H and O–H groups in total. The Morgan fingerprint density at radius 3 is 2.24 bits per heavy atom. The fourth-order valence-corrected chi connectivity index (χ4v) is 6.43. The molecule has 0 heterocycles. The summed E-state index contributed by atoms with van der Waals surface area (Å²) in [7, 11) is 5.94. The number of anilines is 1. The SMILES string of the molecule is CN(C)c1cc(C(=O)OCC(F)(F)F)c(O)c2c1C[C@H]1C[C@H]3[C@H](N(C)C)C(=O)C(C(N)=O)C(=O)[C@@]3(O)C(=O)C1C2=O. The number of halogens is 3. The van der Waals surface area contributed by atoms with Gasteiger partial charge in [-0.05, 0) is 44.5 Å². The lowest BCUT2D eigenvalue weighted by atomic mass is 9.52. The number of carbonyl (C=O) groups excluding carboxylic acids is 6. The van der Waals surface area contributed by atoms with Crippen LogP contribution in [0.15, 0.2) is 6.07 Å². The number of alkyl halides is 3. The molecule has 0 radical (unpaired) electrons. The van der Waals surface area contributed by atoms with Crippen LogP contribution < -0.4 is 10.6 Å². The number of hydrogen-bond acceptors (Lipinski definition) is 11. The number of esters is 1. The van der Waals surface area contributed by atoms with Crippen LogP contribution in [-0.4, -0.2) is 103 Å². The van der Waals surface area contributed by atoms with E-state index in [0.717, 1.165) is 6.07 Å². The molecule has 0 aliphatic heterocycles. The molecule has 0 aromatic heterocycles. The van der Waals surface area contributed by atoms with Gasteiger partial charge in [0.1, 0.15) is 11.3 Å². The summed E-state index contributed by atoms with van der Waals surface area (Å²) in [6.45, 7) is -1.96. The molecule has 1 aromatic rings. The van der Waals surface area contributed by atoms with Crippen LogP contribution in [-0.2, 0) is 30.3 Å². The molecule has 2 fully saturated rings. The minimum atomic E-state index is -4.87. The lowest BCUT2D eigenvalue weighted by molar-refractivity contribution is -0.181. The predicted molar refractivity (Wildman–Crippen MR) is 132 cm³/mol. The van der Waals surface area contributed by atoms with E-state index >= 15 is 0 Å². The van der Waals surface area contributed by atoms with Crippen LogP contribution >= 0.6 is 0 Å². The molecule has 3 aliphatic carbocycles. The van der Waals surface area contributed by atoms with Crippen LogP contribution in [0.5, 0.6) is 5.75 Å². The number of ether oxygens (including phenoxy) is 1. The van der Waals surface area contributed by atoms with Gasteiger partial charge in [0.15, 0.2) is 41.3 Å². The second-order valence-corrected chi connectivity index (χ2v) is 11.0. The van der Waals surface area contributed by atoms with Gasteiger partial charge in [-0.1, -0.05) is 0 Å². The summed E-state index contributed by atoms with van der Waals surface area (Å²) in [6.07, 6.45) is -5.15. The minimum absolute atomic E-state index is 0.0925. The number of aromatic hydroxyl groups is 1. The van der Waals surface area contributed by atoms with E-state index in [1.54, 1.807) is 0 Å². The number of phenolic OH excluding ortho intramolecular Hbond substituents is 1. The molecular formula is C26H28F3N3O9. The second-order valence-electron chi connectivity index (χ2n) is 11.0. The van der Waals surface area contributed by atoms with Crippen molar-refractivity contribution in [1.82, 2.24) is 4.90 Å². The number of fused-ring (bicyclic) bond motifs is 3. The van der Waals surface area contributed by atoms with E-state index in [-0.39, 0.29) is 24.1 Å². The molecule has 4 rings (SSSR count). The first-order valence-corrected chi connectivity index (χ1v) is 12.5. The van der Waals surface area contributed by atoms with Gasteiger partial charge >= 0.3 is 12.1 Å². The Bertz CT molecular complexity index is 1390. The van der Waals surface area contributed by atoms with Crippen molar-refractivity contribution >= 4 is 40.7 Å². The van der Waals surface area contributed by atoms with Gasteiger partial charge in [0.05, 0.1) is 17.5 Å². The van der Waals surface area contributed by atoms with Crippen molar-refractivity contribution < 1.29 is 56.9 Å². The van der Waals surface area contributed by atoms with Crippen LogP contribution in [0.3, 0.4) is 0 Å². The van der Waals surface area contributed by atoms with Gasteiger partial charge in [0.25, 0.3) is 0 Å². The first kappa shape index (κ1) is 30.1. The van der Waals surface area contributed by atoms with Gasteiger partial charge in [0.2, 0.25) is 5.91 Å². The Kier molecular flexibility index (Phi) is 7.28. The van der Waals surface area contributed by atoms with Crippen LogP contribution in [0.2, 0.25) is 0 Å². The van der Waals surface area contributed by atoms with Crippen molar-refractivity contribution in [2.75, 3.05) is 39.7 Å². The number of nitrogens with zero attached hydrogens (tertiary/aromatic N) is 2. The zero-order valence-corrected chi connectivity index (χ0v) is 22.4. The quantitative estimate of drug-likeness (QED) is 0.304. The second kappa shape index (κ2) is 9.91. The molecule has 41 heavy (non-hydrogen) atoms. The third kappa shape index (κ3) is 4.56. The number of aliphatic hydroxyl groups is 1. The van der Waals surface area contributed by atoms with E-state index < -0.39 is 100.0 Å². The van der Waals surface area contributed by atoms with Crippen molar-refractivity contribution in [3.05, 3.63) is 22.8 Å². The number of nitrogens with two attached hydrogens (primary N) is 1. The summed E-state index contributed by atoms with van der Waals surface area (Å²) >= 11 is 0. The highest BCUT2D eigenvalue weighted by Gasteiger charge is 2.69. The third-order valence-corrected chi connectivity index (χ3v) is 8.11. The Balaban J connectivity index is 1.86. The Hall–Kier alpha value is -3.85. The monoisotopic (exact) mass is 583 g/mol. The Labute approximate surface area is 231 Å². The van der Waals surface area contributed by atoms with Crippen molar-refractivity contribution in [2.24, 2.45) is 29.4 Å². The van der Waals surface area contributed by atoms with Gasteiger partial charge in [-0.2, -0.15) is 13.2 Å². The van der Waals surface area contributed by atoms with Gasteiger partial charge in [-0.15, -0.1) is 0 Å². The highest BCUT2D eigenvalue weighted by atomic mass is 19.4. The van der Waals surface area contributed by atoms with E-state index in [9.17, 15) is 52.2 Å². The van der Waals surface area contributed by atoms with Gasteiger partial charge in [-0.3, -0.25) is 28.9 Å². The zero-order chi connectivity index (χ0) is 30.9. The molecule has 1 aromatic carbocycles. The maximum atomic E-state index is 13.9. The Morgan fingerprint density at radius 1 is 1.12 bits per heavy atom. The molecule has 2 unspecified atom stereocenters. The van der Waals surface area contributed by atoms with E-state index in [4.69, 9.17) is 5.73 Å². The molecule has 0 bridgehead atoms. The number of ketones is 4. The van der Waals surface area contributed by atoms with Crippen molar-refractivity contribution in [1.29, 1.82) is 0 Å². The number of amides is 1. The molecule has 0 saturated heterocycles. The summed E-state index contributed by atoms with van der Waals surface area (Å²) in [5.74, 6) is -14.7. The molecule has 0 spiro atoms.